The van der Waals surface area contributed by atoms with E-state index >= 15 is 0 Å². The van der Waals surface area contributed by atoms with Crippen molar-refractivity contribution in [1.82, 2.24) is 0 Å². The number of hydrogen-bond acceptors (Lipinski definition) is 1. The quantitative estimate of drug-likeness (QED) is 0.433. The van der Waals surface area contributed by atoms with Gasteiger partial charge in [-0.15, -0.1) is 0 Å². The van der Waals surface area contributed by atoms with Gasteiger partial charge in [0.1, 0.15) is 0 Å². The fraction of sp³-hybridized carbons (Fsp3) is 0.125. The SMILES string of the molecule is N#CCc1cc(I)c(I)c(I)c1. The molecule has 1 rings (SSSR count). The summed E-state index contributed by atoms with van der Waals surface area (Å²) in [7, 11) is 0. The summed E-state index contributed by atoms with van der Waals surface area (Å²) in [5.74, 6) is 0. The van der Waals surface area contributed by atoms with Crippen LogP contribution in [0.5, 0.6) is 0 Å². The van der Waals surface area contributed by atoms with Crippen LogP contribution in [0.4, 0.5) is 0 Å². The number of halogens is 3. The Morgan fingerprint density at radius 1 is 1.17 bits per heavy atom. The maximum atomic E-state index is 8.51. The predicted octanol–water partition coefficient (Wildman–Crippen LogP) is 3.57. The van der Waals surface area contributed by atoms with Crippen molar-refractivity contribution in [3.8, 4) is 6.07 Å². The molecule has 0 radical (unpaired) electrons. The van der Waals surface area contributed by atoms with Crippen LogP contribution < -0.4 is 0 Å². The highest BCUT2D eigenvalue weighted by atomic mass is 127. The summed E-state index contributed by atoms with van der Waals surface area (Å²) >= 11 is 6.90. The van der Waals surface area contributed by atoms with Gasteiger partial charge in [0, 0.05) is 10.7 Å². The Hall–Kier alpha value is 0.900. The van der Waals surface area contributed by atoms with Crippen LogP contribution in [0, 0.1) is 22.0 Å². The lowest BCUT2D eigenvalue weighted by Crippen LogP contribution is -1.90. The monoisotopic (exact) mass is 495 g/mol. The van der Waals surface area contributed by atoms with Gasteiger partial charge in [0.25, 0.3) is 0 Å². The van der Waals surface area contributed by atoms with E-state index in [1.165, 1.54) is 10.7 Å². The normalized spacial score (nSPS) is 9.50. The van der Waals surface area contributed by atoms with Crippen LogP contribution >= 0.6 is 67.8 Å². The Morgan fingerprint density at radius 2 is 1.67 bits per heavy atom. The van der Waals surface area contributed by atoms with E-state index in [0.29, 0.717) is 6.42 Å². The first-order valence-electron chi connectivity index (χ1n) is 3.15. The van der Waals surface area contributed by atoms with E-state index in [9.17, 15) is 0 Å². The largest absolute Gasteiger partial charge is 0.198 e. The van der Waals surface area contributed by atoms with Gasteiger partial charge < -0.3 is 0 Å². The first-order valence-corrected chi connectivity index (χ1v) is 6.39. The third-order valence-electron chi connectivity index (χ3n) is 1.33. The molecule has 0 fully saturated rings. The zero-order chi connectivity index (χ0) is 9.14. The van der Waals surface area contributed by atoms with Gasteiger partial charge in [-0.05, 0) is 85.5 Å². The van der Waals surface area contributed by atoms with Crippen molar-refractivity contribution in [2.24, 2.45) is 0 Å². The molecule has 0 N–H and O–H groups in total. The Labute approximate surface area is 112 Å². The van der Waals surface area contributed by atoms with Gasteiger partial charge in [-0.25, -0.2) is 0 Å². The summed E-state index contributed by atoms with van der Waals surface area (Å²) in [6.45, 7) is 0. The first-order chi connectivity index (χ1) is 5.65. The van der Waals surface area contributed by atoms with E-state index in [1.807, 2.05) is 0 Å². The van der Waals surface area contributed by atoms with Crippen LogP contribution in [0.3, 0.4) is 0 Å². The highest BCUT2D eigenvalue weighted by Crippen LogP contribution is 2.23. The molecule has 4 heteroatoms. The van der Waals surface area contributed by atoms with E-state index in [1.54, 1.807) is 0 Å². The number of hydrogen-bond donors (Lipinski definition) is 0. The molecule has 0 amide bonds. The lowest BCUT2D eigenvalue weighted by Gasteiger charge is -2.02. The highest BCUT2D eigenvalue weighted by molar-refractivity contribution is 14.1. The van der Waals surface area contributed by atoms with Crippen molar-refractivity contribution in [3.05, 3.63) is 28.4 Å². The molecular formula is C8H4I3N. The first kappa shape index (κ1) is 11.0. The minimum atomic E-state index is 0.503. The lowest BCUT2D eigenvalue weighted by atomic mass is 10.2. The van der Waals surface area contributed by atoms with Crippen molar-refractivity contribution < 1.29 is 0 Å². The molecule has 1 nitrogen and oxygen atoms in total. The van der Waals surface area contributed by atoms with E-state index in [2.05, 4.69) is 86.0 Å². The van der Waals surface area contributed by atoms with E-state index in [0.717, 1.165) is 5.56 Å². The lowest BCUT2D eigenvalue weighted by molar-refractivity contribution is 1.24. The summed E-state index contributed by atoms with van der Waals surface area (Å²) in [5, 5.41) is 8.51. The zero-order valence-electron chi connectivity index (χ0n) is 5.94. The molecule has 0 aliphatic rings. The number of rotatable bonds is 1. The molecule has 0 bridgehead atoms. The maximum absolute atomic E-state index is 8.51. The third kappa shape index (κ3) is 2.70. The summed E-state index contributed by atoms with van der Waals surface area (Å²) in [6.07, 6.45) is 0.503. The summed E-state index contributed by atoms with van der Waals surface area (Å²) in [6, 6.07) is 6.28. The highest BCUT2D eigenvalue weighted by Gasteiger charge is 2.03. The molecule has 0 saturated carbocycles. The number of benzene rings is 1. The Balaban J connectivity index is 3.14. The molecule has 0 saturated heterocycles. The topological polar surface area (TPSA) is 23.8 Å². The minimum Gasteiger partial charge on any atom is -0.198 e. The van der Waals surface area contributed by atoms with Crippen molar-refractivity contribution in [3.63, 3.8) is 0 Å². The van der Waals surface area contributed by atoms with Gasteiger partial charge in [0.15, 0.2) is 0 Å². The fourth-order valence-electron chi connectivity index (χ4n) is 0.801. The van der Waals surface area contributed by atoms with Gasteiger partial charge in [0.05, 0.1) is 12.5 Å². The van der Waals surface area contributed by atoms with Crippen LogP contribution in [0.2, 0.25) is 0 Å². The molecule has 0 heterocycles. The summed E-state index contributed by atoms with van der Waals surface area (Å²) < 4.78 is 3.73. The molecule has 62 valence electrons. The molecule has 0 unspecified atom stereocenters. The van der Waals surface area contributed by atoms with Gasteiger partial charge >= 0.3 is 0 Å². The van der Waals surface area contributed by atoms with Crippen molar-refractivity contribution in [2.75, 3.05) is 0 Å². The molecule has 1 aromatic rings. The Kier molecular flexibility index (Phi) is 4.53. The van der Waals surface area contributed by atoms with Crippen LogP contribution in [-0.4, -0.2) is 0 Å². The van der Waals surface area contributed by atoms with Gasteiger partial charge in [0.2, 0.25) is 0 Å². The zero-order valence-corrected chi connectivity index (χ0v) is 12.4. The van der Waals surface area contributed by atoms with Gasteiger partial charge in [-0.3, -0.25) is 0 Å². The molecule has 12 heavy (non-hydrogen) atoms. The van der Waals surface area contributed by atoms with Crippen molar-refractivity contribution in [1.29, 1.82) is 5.26 Å². The molecule has 0 atom stereocenters. The average Bonchev–Trinajstić information content (AvgIpc) is 2.01. The van der Waals surface area contributed by atoms with Crippen LogP contribution in [-0.2, 0) is 6.42 Å². The third-order valence-corrected chi connectivity index (χ3v) is 6.25. The van der Waals surface area contributed by atoms with Crippen molar-refractivity contribution >= 4 is 67.8 Å². The molecule has 0 spiro atoms. The summed E-state index contributed by atoms with van der Waals surface area (Å²) in [4.78, 5) is 0. The van der Waals surface area contributed by atoms with Crippen LogP contribution in [0.1, 0.15) is 5.56 Å². The standard InChI is InChI=1S/C8H4I3N/c9-6-3-5(1-2-12)4-7(10)8(6)11/h3-4H,1H2. The van der Waals surface area contributed by atoms with Crippen LogP contribution in [0.25, 0.3) is 0 Å². The Morgan fingerprint density at radius 3 is 2.08 bits per heavy atom. The average molecular weight is 495 g/mol. The molecule has 0 aliphatic carbocycles. The smallest absolute Gasteiger partial charge is 0.0669 e. The predicted molar refractivity (Wildman–Crippen MR) is 73.9 cm³/mol. The minimum absolute atomic E-state index is 0.503. The van der Waals surface area contributed by atoms with Crippen molar-refractivity contribution in [2.45, 2.75) is 6.42 Å². The van der Waals surface area contributed by atoms with Crippen LogP contribution in [0.15, 0.2) is 12.1 Å². The van der Waals surface area contributed by atoms with Gasteiger partial charge in [-0.2, -0.15) is 5.26 Å². The summed E-state index contributed by atoms with van der Waals surface area (Å²) in [5.41, 5.74) is 1.10. The van der Waals surface area contributed by atoms with E-state index < -0.39 is 0 Å². The van der Waals surface area contributed by atoms with E-state index in [-0.39, 0.29) is 0 Å². The Bertz CT molecular complexity index is 318. The second-order valence-corrected chi connectivity index (χ2v) is 5.61. The second-order valence-electron chi connectivity index (χ2n) is 2.21. The van der Waals surface area contributed by atoms with Gasteiger partial charge in [-0.1, -0.05) is 0 Å². The number of nitriles is 1. The second kappa shape index (κ2) is 4.95. The fourth-order valence-corrected chi connectivity index (χ4v) is 3.01. The molecule has 0 aliphatic heterocycles. The molecule has 0 aromatic heterocycles. The maximum Gasteiger partial charge on any atom is 0.0669 e. The molecular weight excluding hydrogens is 491 g/mol. The van der Waals surface area contributed by atoms with E-state index in [4.69, 9.17) is 5.26 Å². The number of nitrogens with zero attached hydrogens (tertiary/aromatic N) is 1. The molecule has 1 aromatic carbocycles.